The maximum Gasteiger partial charge on any atom is 0.227 e. The van der Waals surface area contributed by atoms with E-state index >= 15 is 0 Å². The number of rotatable bonds is 5. The van der Waals surface area contributed by atoms with Crippen molar-refractivity contribution in [3.8, 4) is 11.5 Å². The highest BCUT2D eigenvalue weighted by Crippen LogP contribution is 2.30. The van der Waals surface area contributed by atoms with Crippen molar-refractivity contribution >= 4 is 11.6 Å². The van der Waals surface area contributed by atoms with Gasteiger partial charge in [-0.15, -0.1) is 0 Å². The van der Waals surface area contributed by atoms with Crippen molar-refractivity contribution < 1.29 is 14.3 Å². The number of nitrogens with zero attached hydrogens (tertiary/aromatic N) is 1. The van der Waals surface area contributed by atoms with Crippen molar-refractivity contribution in [1.29, 1.82) is 0 Å². The maximum atomic E-state index is 12.3. The van der Waals surface area contributed by atoms with Crippen LogP contribution in [0.1, 0.15) is 17.5 Å². The molecule has 0 fully saturated rings. The largest absolute Gasteiger partial charge is 0.493 e. The zero-order chi connectivity index (χ0) is 16.2. The van der Waals surface area contributed by atoms with E-state index < -0.39 is 0 Å². The van der Waals surface area contributed by atoms with Crippen LogP contribution < -0.4 is 14.4 Å². The van der Waals surface area contributed by atoms with Crippen molar-refractivity contribution in [2.75, 3.05) is 25.7 Å². The van der Waals surface area contributed by atoms with Gasteiger partial charge in [0.2, 0.25) is 5.91 Å². The molecule has 2 aromatic rings. The minimum absolute atomic E-state index is 0.198. The molecule has 0 N–H and O–H groups in total. The van der Waals surface area contributed by atoms with E-state index in [2.05, 4.69) is 6.07 Å². The molecular formula is C19H21NO3. The molecule has 120 valence electrons. The SMILES string of the molecule is COc1ccc(CCN2C(=O)CCc3ccccc32)cc1OC. The summed E-state index contributed by atoms with van der Waals surface area (Å²) in [5.74, 6) is 1.63. The smallest absolute Gasteiger partial charge is 0.227 e. The van der Waals surface area contributed by atoms with E-state index in [-0.39, 0.29) is 5.91 Å². The molecule has 0 aliphatic carbocycles. The lowest BCUT2D eigenvalue weighted by Gasteiger charge is -2.29. The van der Waals surface area contributed by atoms with Crippen molar-refractivity contribution in [1.82, 2.24) is 0 Å². The zero-order valence-corrected chi connectivity index (χ0v) is 13.5. The Balaban J connectivity index is 1.77. The first kappa shape index (κ1) is 15.4. The predicted molar refractivity (Wildman–Crippen MR) is 90.4 cm³/mol. The van der Waals surface area contributed by atoms with Crippen LogP contribution in [0.5, 0.6) is 11.5 Å². The van der Waals surface area contributed by atoms with Crippen LogP contribution in [0.3, 0.4) is 0 Å². The summed E-state index contributed by atoms with van der Waals surface area (Å²) in [6.07, 6.45) is 2.20. The molecular weight excluding hydrogens is 290 g/mol. The summed E-state index contributed by atoms with van der Waals surface area (Å²) in [7, 11) is 3.26. The number of benzene rings is 2. The van der Waals surface area contributed by atoms with Gasteiger partial charge < -0.3 is 14.4 Å². The summed E-state index contributed by atoms with van der Waals surface area (Å²) in [4.78, 5) is 14.2. The molecule has 0 bridgehead atoms. The molecule has 2 aromatic carbocycles. The number of amides is 1. The lowest BCUT2D eigenvalue weighted by molar-refractivity contribution is -0.118. The fraction of sp³-hybridized carbons (Fsp3) is 0.316. The topological polar surface area (TPSA) is 38.8 Å². The molecule has 0 saturated heterocycles. The number of anilines is 1. The summed E-state index contributed by atoms with van der Waals surface area (Å²) in [5, 5.41) is 0. The van der Waals surface area contributed by atoms with E-state index in [0.717, 1.165) is 35.6 Å². The first-order chi connectivity index (χ1) is 11.2. The first-order valence-corrected chi connectivity index (χ1v) is 7.82. The Hall–Kier alpha value is -2.49. The number of methoxy groups -OCH3 is 2. The Morgan fingerprint density at radius 1 is 1.00 bits per heavy atom. The molecule has 0 saturated carbocycles. The third-order valence-electron chi connectivity index (χ3n) is 4.26. The molecule has 3 rings (SSSR count). The van der Waals surface area contributed by atoms with E-state index in [9.17, 15) is 4.79 Å². The Bertz CT molecular complexity index is 712. The Kier molecular flexibility index (Phi) is 4.51. The van der Waals surface area contributed by atoms with Crippen molar-refractivity contribution in [3.63, 3.8) is 0 Å². The van der Waals surface area contributed by atoms with Crippen LogP contribution in [-0.4, -0.2) is 26.7 Å². The minimum Gasteiger partial charge on any atom is -0.493 e. The average Bonchev–Trinajstić information content (AvgIpc) is 2.60. The van der Waals surface area contributed by atoms with Gasteiger partial charge in [0.05, 0.1) is 14.2 Å². The zero-order valence-electron chi connectivity index (χ0n) is 13.5. The molecule has 0 unspecified atom stereocenters. The summed E-state index contributed by atoms with van der Waals surface area (Å²) < 4.78 is 10.6. The van der Waals surface area contributed by atoms with Crippen LogP contribution in [0.2, 0.25) is 0 Å². The summed E-state index contributed by atoms with van der Waals surface area (Å²) in [6, 6.07) is 14.0. The van der Waals surface area contributed by atoms with Crippen LogP contribution >= 0.6 is 0 Å². The number of carbonyl (C=O) groups excluding carboxylic acids is 1. The summed E-state index contributed by atoms with van der Waals surface area (Å²) in [6.45, 7) is 0.672. The third-order valence-corrected chi connectivity index (χ3v) is 4.26. The number of hydrogen-bond donors (Lipinski definition) is 0. The molecule has 23 heavy (non-hydrogen) atoms. The number of ether oxygens (including phenoxy) is 2. The molecule has 0 aromatic heterocycles. The Morgan fingerprint density at radius 2 is 1.78 bits per heavy atom. The Labute approximate surface area is 136 Å². The molecule has 1 amide bonds. The van der Waals surface area contributed by atoms with Gasteiger partial charge in [-0.25, -0.2) is 0 Å². The van der Waals surface area contributed by atoms with E-state index in [1.807, 2.05) is 41.3 Å². The molecule has 4 heteroatoms. The number of carbonyl (C=O) groups is 1. The highest BCUT2D eigenvalue weighted by Gasteiger charge is 2.23. The van der Waals surface area contributed by atoms with Crippen LogP contribution in [0.25, 0.3) is 0 Å². The number of hydrogen-bond acceptors (Lipinski definition) is 3. The summed E-state index contributed by atoms with van der Waals surface area (Å²) >= 11 is 0. The second-order valence-corrected chi connectivity index (χ2v) is 5.61. The highest BCUT2D eigenvalue weighted by atomic mass is 16.5. The molecule has 1 aliphatic rings. The van der Waals surface area contributed by atoms with Gasteiger partial charge >= 0.3 is 0 Å². The molecule has 0 radical (unpaired) electrons. The molecule has 0 atom stereocenters. The second kappa shape index (κ2) is 6.73. The van der Waals surface area contributed by atoms with Gasteiger partial charge in [0, 0.05) is 18.7 Å². The van der Waals surface area contributed by atoms with Gasteiger partial charge in [-0.3, -0.25) is 4.79 Å². The molecule has 1 aliphatic heterocycles. The maximum absolute atomic E-state index is 12.3. The molecule has 1 heterocycles. The van der Waals surface area contributed by atoms with Crippen LogP contribution in [0.4, 0.5) is 5.69 Å². The van der Waals surface area contributed by atoms with Gasteiger partial charge in [0.15, 0.2) is 11.5 Å². The van der Waals surface area contributed by atoms with Gasteiger partial charge in [0.1, 0.15) is 0 Å². The van der Waals surface area contributed by atoms with Crippen LogP contribution in [0.15, 0.2) is 42.5 Å². The van der Waals surface area contributed by atoms with Crippen LogP contribution in [-0.2, 0) is 17.6 Å². The predicted octanol–water partition coefficient (Wildman–Crippen LogP) is 3.23. The number of aryl methyl sites for hydroxylation is 1. The van der Waals surface area contributed by atoms with Crippen molar-refractivity contribution in [2.45, 2.75) is 19.3 Å². The summed E-state index contributed by atoms with van der Waals surface area (Å²) in [5.41, 5.74) is 3.42. The van der Waals surface area contributed by atoms with Gasteiger partial charge in [-0.2, -0.15) is 0 Å². The fourth-order valence-electron chi connectivity index (χ4n) is 3.02. The van der Waals surface area contributed by atoms with Gasteiger partial charge in [0.25, 0.3) is 0 Å². The van der Waals surface area contributed by atoms with Crippen LogP contribution in [0, 0.1) is 0 Å². The van der Waals surface area contributed by atoms with Crippen molar-refractivity contribution in [2.24, 2.45) is 0 Å². The van der Waals surface area contributed by atoms with E-state index in [4.69, 9.17) is 9.47 Å². The first-order valence-electron chi connectivity index (χ1n) is 7.82. The van der Waals surface area contributed by atoms with E-state index in [1.54, 1.807) is 14.2 Å². The molecule has 0 spiro atoms. The average molecular weight is 311 g/mol. The number of para-hydroxylation sites is 1. The fourth-order valence-corrected chi connectivity index (χ4v) is 3.02. The van der Waals surface area contributed by atoms with E-state index in [0.29, 0.717) is 13.0 Å². The quantitative estimate of drug-likeness (QED) is 0.851. The van der Waals surface area contributed by atoms with E-state index in [1.165, 1.54) is 5.56 Å². The highest BCUT2D eigenvalue weighted by molar-refractivity contribution is 5.96. The lowest BCUT2D eigenvalue weighted by atomic mass is 10.0. The minimum atomic E-state index is 0.198. The monoisotopic (exact) mass is 311 g/mol. The Morgan fingerprint density at radius 3 is 2.57 bits per heavy atom. The standard InChI is InChI=1S/C19H21NO3/c1-22-17-9-7-14(13-18(17)23-2)11-12-20-16-6-4-3-5-15(16)8-10-19(20)21/h3-7,9,13H,8,10-12H2,1-2H3. The normalized spacial score (nSPS) is 13.7. The third kappa shape index (κ3) is 3.16. The van der Waals surface area contributed by atoms with Crippen molar-refractivity contribution in [3.05, 3.63) is 53.6 Å². The van der Waals surface area contributed by atoms with Gasteiger partial charge in [-0.1, -0.05) is 24.3 Å². The lowest BCUT2D eigenvalue weighted by Crippen LogP contribution is -2.36. The second-order valence-electron chi connectivity index (χ2n) is 5.61. The molecule has 4 nitrogen and oxygen atoms in total. The number of fused-ring (bicyclic) bond motifs is 1. The van der Waals surface area contributed by atoms with Gasteiger partial charge in [-0.05, 0) is 42.2 Å².